The van der Waals surface area contributed by atoms with Gasteiger partial charge < -0.3 is 4.74 Å². The summed E-state index contributed by atoms with van der Waals surface area (Å²) in [6, 6.07) is 57.2. The van der Waals surface area contributed by atoms with E-state index in [1.54, 1.807) is 0 Å². The van der Waals surface area contributed by atoms with Crippen molar-refractivity contribution in [3.63, 3.8) is 0 Å². The fraction of sp³-hybridized carbons (Fsp3) is 0.204. The average Bonchev–Trinajstić information content (AvgIpc) is 3.55. The van der Waals surface area contributed by atoms with Gasteiger partial charge in [-0.15, -0.1) is 0 Å². The predicted molar refractivity (Wildman–Crippen MR) is 231 cm³/mol. The van der Waals surface area contributed by atoms with Crippen molar-refractivity contribution in [1.82, 2.24) is 15.0 Å². The Labute approximate surface area is 338 Å². The number of fused-ring (bicyclic) bond motifs is 10. The summed E-state index contributed by atoms with van der Waals surface area (Å²) >= 11 is 0. The molecule has 0 unspecified atom stereocenters. The van der Waals surface area contributed by atoms with E-state index < -0.39 is 5.41 Å². The lowest BCUT2D eigenvalue weighted by Gasteiger charge is -2.56. The van der Waals surface area contributed by atoms with Gasteiger partial charge in [0.15, 0.2) is 11.6 Å². The Balaban J connectivity index is 0.978. The number of para-hydroxylation sites is 2. The average molecular weight is 748 g/mol. The first kappa shape index (κ1) is 32.7. The molecule has 0 atom stereocenters. The zero-order valence-corrected chi connectivity index (χ0v) is 32.2. The molecule has 0 saturated heterocycles. The minimum Gasteiger partial charge on any atom is -0.457 e. The van der Waals surface area contributed by atoms with Crippen molar-refractivity contribution in [3.8, 4) is 56.5 Å². The van der Waals surface area contributed by atoms with Gasteiger partial charge in [0.2, 0.25) is 0 Å². The zero-order valence-electron chi connectivity index (χ0n) is 32.2. The molecule has 58 heavy (non-hydrogen) atoms. The quantitative estimate of drug-likeness (QED) is 0.180. The second kappa shape index (κ2) is 12.1. The highest BCUT2D eigenvalue weighted by Crippen LogP contribution is 2.63. The third kappa shape index (κ3) is 4.66. The molecule has 1 spiro atoms. The number of rotatable bonds is 4. The Morgan fingerprint density at radius 1 is 0.414 bits per heavy atom. The van der Waals surface area contributed by atoms with E-state index in [4.69, 9.17) is 19.7 Å². The van der Waals surface area contributed by atoms with E-state index in [1.807, 2.05) is 0 Å². The number of benzene rings is 7. The van der Waals surface area contributed by atoms with Gasteiger partial charge in [0.1, 0.15) is 17.3 Å². The number of ether oxygens (including phenoxy) is 1. The Kier molecular flexibility index (Phi) is 6.80. The molecule has 7 aromatic carbocycles. The molecule has 5 aliphatic carbocycles. The molecule has 2 heterocycles. The number of nitrogens with zero attached hydrogens (tertiary/aromatic N) is 3. The fourth-order valence-electron chi connectivity index (χ4n) is 12.5. The molecule has 4 fully saturated rings. The molecule has 14 rings (SSSR count). The zero-order chi connectivity index (χ0) is 38.0. The van der Waals surface area contributed by atoms with Crippen LogP contribution in [0.5, 0.6) is 11.5 Å². The lowest BCUT2D eigenvalue weighted by molar-refractivity contribution is -0.00938. The van der Waals surface area contributed by atoms with Crippen LogP contribution in [0, 0.1) is 17.8 Å². The van der Waals surface area contributed by atoms with E-state index >= 15 is 0 Å². The van der Waals surface area contributed by atoms with Gasteiger partial charge in [-0.05, 0) is 131 Å². The van der Waals surface area contributed by atoms with Crippen molar-refractivity contribution in [2.45, 2.75) is 49.4 Å². The summed E-state index contributed by atoms with van der Waals surface area (Å²) in [4.78, 5) is 16.2. The molecule has 278 valence electrons. The van der Waals surface area contributed by atoms with Crippen LogP contribution in [0.3, 0.4) is 0 Å². The topological polar surface area (TPSA) is 47.9 Å². The first-order valence-electron chi connectivity index (χ1n) is 21.1. The summed E-state index contributed by atoms with van der Waals surface area (Å²) in [5.74, 6) is 6.75. The second-order valence-electron chi connectivity index (χ2n) is 17.8. The van der Waals surface area contributed by atoms with Gasteiger partial charge in [0.05, 0.1) is 5.41 Å². The molecule has 4 saturated carbocycles. The lowest BCUT2D eigenvalue weighted by atomic mass is 9.49. The summed E-state index contributed by atoms with van der Waals surface area (Å²) in [5.41, 5.74) is 11.4. The summed E-state index contributed by atoms with van der Waals surface area (Å²) in [5, 5.41) is 2.42. The minimum atomic E-state index is -0.513. The van der Waals surface area contributed by atoms with Crippen molar-refractivity contribution in [2.24, 2.45) is 17.8 Å². The van der Waals surface area contributed by atoms with Crippen LogP contribution in [0.15, 0.2) is 158 Å². The minimum absolute atomic E-state index is 0.0370. The van der Waals surface area contributed by atoms with E-state index in [2.05, 4.69) is 158 Å². The van der Waals surface area contributed by atoms with Crippen molar-refractivity contribution in [2.75, 3.05) is 0 Å². The molecular formula is C54H41N3O. The Hall–Kier alpha value is -6.39. The molecule has 4 nitrogen and oxygen atoms in total. The molecule has 0 amide bonds. The van der Waals surface area contributed by atoms with E-state index in [9.17, 15) is 0 Å². The largest absolute Gasteiger partial charge is 0.457 e. The van der Waals surface area contributed by atoms with Gasteiger partial charge in [-0.3, -0.25) is 0 Å². The summed E-state index contributed by atoms with van der Waals surface area (Å²) < 4.78 is 6.60. The molecule has 4 heteroatoms. The second-order valence-corrected chi connectivity index (χ2v) is 17.8. The lowest BCUT2D eigenvalue weighted by Crippen LogP contribution is -2.49. The highest BCUT2D eigenvalue weighted by molar-refractivity contribution is 5.91. The molecule has 0 N–H and O–H groups in total. The smallest absolute Gasteiger partial charge is 0.163 e. The number of hydrogen-bond donors (Lipinski definition) is 0. The Morgan fingerprint density at radius 2 is 0.966 bits per heavy atom. The normalized spacial score (nSPS) is 22.6. The standard InChI is InChI=1S/C54H41N3O/c1-2-11-37-27-41(21-20-36(37)10-1)51-55-50(56-52(57-51)53-30-33-24-34(31-53)26-35(25-33)32-53)40-13-9-12-38(28-40)39-22-23-43-42-14-3-4-15-44(42)54(47(43)29-39)45-16-5-7-18-48(45)58-49-19-8-6-17-46(49)54/h1-23,27-29,33-35H,24-26,30-32H2. The predicted octanol–water partition coefficient (Wildman–Crippen LogP) is 13.0. The fourth-order valence-corrected chi connectivity index (χ4v) is 12.5. The Bertz CT molecular complexity index is 2920. The molecular weight excluding hydrogens is 707 g/mol. The van der Waals surface area contributed by atoms with Gasteiger partial charge in [-0.2, -0.15) is 0 Å². The highest BCUT2D eigenvalue weighted by atomic mass is 16.5. The third-order valence-electron chi connectivity index (χ3n) is 14.5. The van der Waals surface area contributed by atoms with Crippen LogP contribution in [0.4, 0.5) is 0 Å². The summed E-state index contributed by atoms with van der Waals surface area (Å²) in [6.45, 7) is 0. The Morgan fingerprint density at radius 3 is 1.69 bits per heavy atom. The monoisotopic (exact) mass is 747 g/mol. The molecule has 1 aromatic heterocycles. The van der Waals surface area contributed by atoms with Crippen LogP contribution in [0.25, 0.3) is 55.8 Å². The molecule has 0 radical (unpaired) electrons. The van der Waals surface area contributed by atoms with E-state index in [1.165, 1.54) is 88.2 Å². The number of aromatic nitrogens is 3. The first-order valence-corrected chi connectivity index (χ1v) is 21.1. The van der Waals surface area contributed by atoms with Gasteiger partial charge in [-0.25, -0.2) is 15.0 Å². The summed E-state index contributed by atoms with van der Waals surface area (Å²) in [6.07, 6.45) is 7.76. The van der Waals surface area contributed by atoms with Crippen LogP contribution in [-0.2, 0) is 10.8 Å². The van der Waals surface area contributed by atoms with Gasteiger partial charge in [0, 0.05) is 27.7 Å². The number of hydrogen-bond acceptors (Lipinski definition) is 4. The first-order chi connectivity index (χ1) is 28.6. The van der Waals surface area contributed by atoms with Crippen molar-refractivity contribution in [3.05, 3.63) is 186 Å². The van der Waals surface area contributed by atoms with Crippen molar-refractivity contribution >= 4 is 10.8 Å². The summed E-state index contributed by atoms with van der Waals surface area (Å²) in [7, 11) is 0. The van der Waals surface area contributed by atoms with Crippen LogP contribution >= 0.6 is 0 Å². The van der Waals surface area contributed by atoms with E-state index in [0.717, 1.165) is 63.4 Å². The van der Waals surface area contributed by atoms with Crippen molar-refractivity contribution < 1.29 is 4.74 Å². The maximum atomic E-state index is 6.60. The van der Waals surface area contributed by atoms with Crippen LogP contribution < -0.4 is 4.74 Å². The molecule has 1 aliphatic heterocycles. The van der Waals surface area contributed by atoms with Gasteiger partial charge in [-0.1, -0.05) is 127 Å². The van der Waals surface area contributed by atoms with Crippen LogP contribution in [0.2, 0.25) is 0 Å². The van der Waals surface area contributed by atoms with Gasteiger partial charge >= 0.3 is 0 Å². The maximum Gasteiger partial charge on any atom is 0.163 e. The highest BCUT2D eigenvalue weighted by Gasteiger charge is 2.54. The molecule has 4 bridgehead atoms. The maximum absolute atomic E-state index is 6.60. The van der Waals surface area contributed by atoms with E-state index in [0.29, 0.717) is 0 Å². The SMILES string of the molecule is c1cc(-c2ccc3c(c2)C2(c4ccccc4Oc4ccccc42)c2ccccc2-3)cc(-c2nc(-c3ccc4ccccc4c3)nc(C34CC5CC(CC(C5)C3)C4)n2)c1. The van der Waals surface area contributed by atoms with Gasteiger partial charge in [0.25, 0.3) is 0 Å². The van der Waals surface area contributed by atoms with Crippen LogP contribution in [0.1, 0.15) is 66.6 Å². The molecule has 8 aromatic rings. The molecule has 6 aliphatic rings. The van der Waals surface area contributed by atoms with E-state index in [-0.39, 0.29) is 5.41 Å². The van der Waals surface area contributed by atoms with Crippen LogP contribution in [-0.4, -0.2) is 15.0 Å². The van der Waals surface area contributed by atoms with Crippen molar-refractivity contribution in [1.29, 1.82) is 0 Å². The third-order valence-corrected chi connectivity index (χ3v) is 14.5.